The summed E-state index contributed by atoms with van der Waals surface area (Å²) in [6.07, 6.45) is 2.60. The van der Waals surface area contributed by atoms with E-state index in [0.717, 1.165) is 29.5 Å². The predicted octanol–water partition coefficient (Wildman–Crippen LogP) is 1.92. The van der Waals surface area contributed by atoms with Crippen molar-refractivity contribution in [3.8, 4) is 5.75 Å². The number of nitrogens with one attached hydrogen (secondary N) is 2. The van der Waals surface area contributed by atoms with E-state index in [-0.39, 0.29) is 17.9 Å². The molecule has 122 valence electrons. The number of carbonyl (C=O) groups excluding carboxylic acids is 2. The van der Waals surface area contributed by atoms with E-state index < -0.39 is 0 Å². The zero-order valence-corrected chi connectivity index (χ0v) is 13.4. The van der Waals surface area contributed by atoms with Crippen molar-refractivity contribution in [1.29, 1.82) is 0 Å². The molecule has 2 heterocycles. The summed E-state index contributed by atoms with van der Waals surface area (Å²) in [4.78, 5) is 29.7. The number of benzene rings is 1. The molecular formula is C17H21N3O3. The van der Waals surface area contributed by atoms with Gasteiger partial charge in [-0.2, -0.15) is 0 Å². The SMILES string of the molecule is CNC(=O)C1CCCCN1C(=O)c1cc2ccc(OC)cc2[nH]1. The Labute approximate surface area is 134 Å². The highest BCUT2D eigenvalue weighted by molar-refractivity contribution is 6.00. The molecule has 2 N–H and O–H groups in total. The number of ether oxygens (including phenoxy) is 1. The molecule has 2 amide bonds. The number of aromatic nitrogens is 1. The van der Waals surface area contributed by atoms with Crippen molar-refractivity contribution in [2.45, 2.75) is 25.3 Å². The number of methoxy groups -OCH3 is 1. The summed E-state index contributed by atoms with van der Waals surface area (Å²) in [6.45, 7) is 0.607. The van der Waals surface area contributed by atoms with Gasteiger partial charge in [-0.15, -0.1) is 0 Å². The van der Waals surface area contributed by atoms with Crippen LogP contribution in [-0.4, -0.2) is 48.4 Å². The van der Waals surface area contributed by atoms with Crippen LogP contribution in [0.15, 0.2) is 24.3 Å². The Morgan fingerprint density at radius 2 is 2.13 bits per heavy atom. The van der Waals surface area contributed by atoms with Crippen molar-refractivity contribution < 1.29 is 14.3 Å². The van der Waals surface area contributed by atoms with Gasteiger partial charge in [0.1, 0.15) is 17.5 Å². The second kappa shape index (κ2) is 6.32. The number of nitrogens with zero attached hydrogens (tertiary/aromatic N) is 1. The molecule has 1 aromatic heterocycles. The van der Waals surface area contributed by atoms with Crippen LogP contribution in [0.3, 0.4) is 0 Å². The first-order valence-corrected chi connectivity index (χ1v) is 7.83. The number of piperidine rings is 1. The molecule has 3 rings (SSSR count). The molecule has 6 nitrogen and oxygen atoms in total. The molecular weight excluding hydrogens is 294 g/mol. The number of rotatable bonds is 3. The standard InChI is InChI=1S/C17H21N3O3/c1-18-16(21)15-5-3-4-8-20(15)17(22)14-9-11-6-7-12(23-2)10-13(11)19-14/h6-7,9-10,15,19H,3-5,8H2,1-2H3,(H,18,21). The van der Waals surface area contributed by atoms with Crippen molar-refractivity contribution in [3.63, 3.8) is 0 Å². The molecule has 23 heavy (non-hydrogen) atoms. The van der Waals surface area contributed by atoms with Gasteiger partial charge in [0.25, 0.3) is 5.91 Å². The third-order valence-electron chi connectivity index (χ3n) is 4.37. The average molecular weight is 315 g/mol. The second-order valence-corrected chi connectivity index (χ2v) is 5.76. The van der Waals surface area contributed by atoms with Gasteiger partial charge in [0.05, 0.1) is 7.11 Å². The Balaban J connectivity index is 1.90. The minimum absolute atomic E-state index is 0.101. The average Bonchev–Trinajstić information content (AvgIpc) is 3.03. The van der Waals surface area contributed by atoms with Crippen LogP contribution < -0.4 is 10.1 Å². The van der Waals surface area contributed by atoms with Crippen LogP contribution >= 0.6 is 0 Å². The molecule has 2 aromatic rings. The fourth-order valence-electron chi connectivity index (χ4n) is 3.12. The lowest BCUT2D eigenvalue weighted by atomic mass is 10.0. The number of H-pyrrole nitrogens is 1. The van der Waals surface area contributed by atoms with Gasteiger partial charge in [0.2, 0.25) is 5.91 Å². The van der Waals surface area contributed by atoms with E-state index in [1.54, 1.807) is 19.1 Å². The lowest BCUT2D eigenvalue weighted by Crippen LogP contribution is -2.51. The van der Waals surface area contributed by atoms with E-state index in [1.807, 2.05) is 24.3 Å². The summed E-state index contributed by atoms with van der Waals surface area (Å²) >= 11 is 0. The zero-order chi connectivity index (χ0) is 16.4. The van der Waals surface area contributed by atoms with E-state index >= 15 is 0 Å². The molecule has 1 saturated heterocycles. The minimum Gasteiger partial charge on any atom is -0.497 e. The first kappa shape index (κ1) is 15.4. The lowest BCUT2D eigenvalue weighted by molar-refractivity contribution is -0.126. The van der Waals surface area contributed by atoms with Crippen LogP contribution in [0, 0.1) is 0 Å². The fourth-order valence-corrected chi connectivity index (χ4v) is 3.12. The predicted molar refractivity (Wildman–Crippen MR) is 87.6 cm³/mol. The highest BCUT2D eigenvalue weighted by atomic mass is 16.5. The van der Waals surface area contributed by atoms with Crippen molar-refractivity contribution in [2.24, 2.45) is 0 Å². The first-order valence-electron chi connectivity index (χ1n) is 7.83. The monoisotopic (exact) mass is 315 g/mol. The quantitative estimate of drug-likeness (QED) is 0.908. The van der Waals surface area contributed by atoms with Crippen molar-refractivity contribution in [1.82, 2.24) is 15.2 Å². The van der Waals surface area contributed by atoms with Crippen LogP contribution in [0.4, 0.5) is 0 Å². The van der Waals surface area contributed by atoms with Gasteiger partial charge in [-0.05, 0) is 37.5 Å². The van der Waals surface area contributed by atoms with Crippen molar-refractivity contribution >= 4 is 22.7 Å². The Morgan fingerprint density at radius 1 is 1.30 bits per heavy atom. The molecule has 1 aliphatic heterocycles. The van der Waals surface area contributed by atoms with E-state index in [1.165, 1.54) is 0 Å². The van der Waals surface area contributed by atoms with Gasteiger partial charge >= 0.3 is 0 Å². The number of hydrogen-bond donors (Lipinski definition) is 2. The third-order valence-corrected chi connectivity index (χ3v) is 4.37. The summed E-state index contributed by atoms with van der Waals surface area (Å²) in [6, 6.07) is 7.07. The molecule has 0 radical (unpaired) electrons. The zero-order valence-electron chi connectivity index (χ0n) is 13.4. The third kappa shape index (κ3) is 2.88. The maximum absolute atomic E-state index is 12.8. The molecule has 6 heteroatoms. The number of likely N-dealkylation sites (N-methyl/N-ethyl adjacent to an activating group) is 1. The maximum atomic E-state index is 12.8. The van der Waals surface area contributed by atoms with Crippen LogP contribution in [0.25, 0.3) is 10.9 Å². The second-order valence-electron chi connectivity index (χ2n) is 5.76. The van der Waals surface area contributed by atoms with E-state index in [2.05, 4.69) is 10.3 Å². The first-order chi connectivity index (χ1) is 11.1. The maximum Gasteiger partial charge on any atom is 0.270 e. The summed E-state index contributed by atoms with van der Waals surface area (Å²) < 4.78 is 5.20. The Hall–Kier alpha value is -2.50. The number of likely N-dealkylation sites (tertiary alicyclic amines) is 1. The number of fused-ring (bicyclic) bond motifs is 1. The molecule has 0 aliphatic carbocycles. The smallest absolute Gasteiger partial charge is 0.270 e. The molecule has 1 aliphatic rings. The van der Waals surface area contributed by atoms with Crippen molar-refractivity contribution in [3.05, 3.63) is 30.0 Å². The van der Waals surface area contributed by atoms with Crippen LogP contribution in [0.1, 0.15) is 29.8 Å². The van der Waals surface area contributed by atoms with Gasteiger partial charge in [0, 0.05) is 30.6 Å². The summed E-state index contributed by atoms with van der Waals surface area (Å²) in [5.41, 5.74) is 1.35. The van der Waals surface area contributed by atoms with Gasteiger partial charge < -0.3 is 19.9 Å². The fraction of sp³-hybridized carbons (Fsp3) is 0.412. The van der Waals surface area contributed by atoms with Crippen LogP contribution in [0.5, 0.6) is 5.75 Å². The molecule has 0 saturated carbocycles. The van der Waals surface area contributed by atoms with Crippen molar-refractivity contribution in [2.75, 3.05) is 20.7 Å². The van der Waals surface area contributed by atoms with Gasteiger partial charge in [-0.3, -0.25) is 9.59 Å². The van der Waals surface area contributed by atoms with Crippen LogP contribution in [0.2, 0.25) is 0 Å². The number of aromatic amines is 1. The normalized spacial score (nSPS) is 18.0. The minimum atomic E-state index is -0.387. The molecule has 1 atom stereocenters. The molecule has 1 unspecified atom stereocenters. The number of carbonyl (C=O) groups is 2. The van der Waals surface area contributed by atoms with E-state index in [9.17, 15) is 9.59 Å². The number of hydrogen-bond acceptors (Lipinski definition) is 3. The van der Waals surface area contributed by atoms with Crippen LogP contribution in [-0.2, 0) is 4.79 Å². The largest absolute Gasteiger partial charge is 0.497 e. The van der Waals surface area contributed by atoms with Gasteiger partial charge in [-0.25, -0.2) is 0 Å². The molecule has 0 bridgehead atoms. The summed E-state index contributed by atoms with van der Waals surface area (Å²) in [7, 11) is 3.21. The summed E-state index contributed by atoms with van der Waals surface area (Å²) in [5.74, 6) is 0.504. The number of amides is 2. The molecule has 1 fully saturated rings. The molecule has 1 aromatic carbocycles. The summed E-state index contributed by atoms with van der Waals surface area (Å²) in [5, 5.41) is 3.60. The lowest BCUT2D eigenvalue weighted by Gasteiger charge is -2.34. The highest BCUT2D eigenvalue weighted by Crippen LogP contribution is 2.24. The van der Waals surface area contributed by atoms with E-state index in [0.29, 0.717) is 18.7 Å². The van der Waals surface area contributed by atoms with Gasteiger partial charge in [0.15, 0.2) is 0 Å². The Morgan fingerprint density at radius 3 is 2.87 bits per heavy atom. The molecule has 0 spiro atoms. The Bertz CT molecular complexity index is 738. The van der Waals surface area contributed by atoms with E-state index in [4.69, 9.17) is 4.74 Å². The Kier molecular flexibility index (Phi) is 4.23. The highest BCUT2D eigenvalue weighted by Gasteiger charge is 2.32. The van der Waals surface area contributed by atoms with Gasteiger partial charge in [-0.1, -0.05) is 0 Å². The topological polar surface area (TPSA) is 74.4 Å².